The smallest absolute Gasteiger partial charge is 0.350 e. The summed E-state index contributed by atoms with van der Waals surface area (Å²) in [5, 5.41) is 18.0. The summed E-state index contributed by atoms with van der Waals surface area (Å²) in [6, 6.07) is -2.01. The molecule has 5 amide bonds. The van der Waals surface area contributed by atoms with Gasteiger partial charge in [-0.15, -0.1) is 0 Å². The van der Waals surface area contributed by atoms with E-state index in [0.717, 1.165) is 19.9 Å². The number of hydrogen-bond donors (Lipinski definition) is 3. The van der Waals surface area contributed by atoms with Crippen LogP contribution in [0.5, 0.6) is 0 Å². The molecular formula is C27H39F3N6O4. The Morgan fingerprint density at radius 3 is 2.33 bits per heavy atom. The topological polar surface area (TPSA) is 135 Å². The monoisotopic (exact) mass is 568 g/mol. The van der Waals surface area contributed by atoms with Gasteiger partial charge in [-0.3, -0.25) is 14.4 Å². The number of halogens is 3. The summed E-state index contributed by atoms with van der Waals surface area (Å²) in [6.45, 7) is 7.81. The highest BCUT2D eigenvalue weighted by molar-refractivity contribution is 5.94. The number of hydrogen-bond acceptors (Lipinski definition) is 5. The molecule has 0 aromatic heterocycles. The van der Waals surface area contributed by atoms with E-state index in [4.69, 9.17) is 0 Å². The number of rotatable bonds is 7. The summed E-state index contributed by atoms with van der Waals surface area (Å²) < 4.78 is 38.5. The molecule has 0 bridgehead atoms. The number of carbonyl (C=O) groups is 4. The molecule has 4 fully saturated rings. The molecule has 4 aliphatic rings. The Labute approximate surface area is 232 Å². The Morgan fingerprint density at radius 1 is 1.20 bits per heavy atom. The van der Waals surface area contributed by atoms with Crippen molar-refractivity contribution in [2.75, 3.05) is 20.1 Å². The first-order chi connectivity index (χ1) is 18.3. The normalized spacial score (nSPS) is 29.1. The molecule has 40 heavy (non-hydrogen) atoms. The summed E-state index contributed by atoms with van der Waals surface area (Å²) >= 11 is 0. The Bertz CT molecular complexity index is 1120. The summed E-state index contributed by atoms with van der Waals surface area (Å²) in [6.07, 6.45) is -1.99. The van der Waals surface area contributed by atoms with Gasteiger partial charge in [0.1, 0.15) is 24.7 Å². The first-order valence-corrected chi connectivity index (χ1v) is 13.7. The number of likely N-dealkylation sites (tertiary alicyclic amines) is 1. The number of nitrogens with one attached hydrogen (secondary N) is 3. The third-order valence-corrected chi connectivity index (χ3v) is 9.15. The van der Waals surface area contributed by atoms with E-state index < -0.39 is 54.1 Å². The molecule has 6 atom stereocenters. The lowest BCUT2D eigenvalue weighted by molar-refractivity contribution is -0.144. The molecule has 4 rings (SSSR count). The average Bonchev–Trinajstić information content (AvgIpc) is 3.53. The lowest BCUT2D eigenvalue weighted by atomic mass is 9.85. The van der Waals surface area contributed by atoms with Crippen LogP contribution < -0.4 is 16.0 Å². The minimum Gasteiger partial charge on any atom is -0.350 e. The highest BCUT2D eigenvalue weighted by Crippen LogP contribution is 2.65. The standard InChI is InChI=1S/C27H39F3N6O4/c1-24(2,3)19(33-23(40)35(6)13-27(28,29)30)22(39)36-12-16-17(25(16,4)5)18(36)21(38)32-15(11-31)9-14-10-26(7-8-26)34-20(14)37/h14-19H,7-10,12-13H2,1-6H3,(H,32,38)(H,33,40)(H,34,37)/t14-,15+,16+,17+,18+,19-/m1/s1. The van der Waals surface area contributed by atoms with Crippen molar-refractivity contribution in [1.29, 1.82) is 5.26 Å². The van der Waals surface area contributed by atoms with Crippen LogP contribution in [0.15, 0.2) is 0 Å². The Hall–Kier alpha value is -3.04. The molecule has 13 heteroatoms. The molecule has 222 valence electrons. The van der Waals surface area contributed by atoms with Gasteiger partial charge in [0.25, 0.3) is 0 Å². The molecule has 0 aromatic rings. The van der Waals surface area contributed by atoms with Gasteiger partial charge >= 0.3 is 12.2 Å². The van der Waals surface area contributed by atoms with Gasteiger partial charge in [0.2, 0.25) is 17.7 Å². The minimum absolute atomic E-state index is 0.0206. The first-order valence-electron chi connectivity index (χ1n) is 13.7. The number of carbonyl (C=O) groups excluding carboxylic acids is 4. The molecule has 0 radical (unpaired) electrons. The van der Waals surface area contributed by atoms with Crippen LogP contribution >= 0.6 is 0 Å². The summed E-state index contributed by atoms with van der Waals surface area (Å²) in [5.74, 6) is -1.73. The number of fused-ring (bicyclic) bond motifs is 1. The van der Waals surface area contributed by atoms with Gasteiger partial charge in [0.15, 0.2) is 0 Å². The Kier molecular flexibility index (Phi) is 7.33. The second-order valence-electron chi connectivity index (χ2n) is 13.7. The van der Waals surface area contributed by atoms with Crippen LogP contribution in [0.25, 0.3) is 0 Å². The fourth-order valence-corrected chi connectivity index (χ4v) is 6.54. The minimum atomic E-state index is -4.60. The largest absolute Gasteiger partial charge is 0.406 e. The fourth-order valence-electron chi connectivity index (χ4n) is 6.54. The Morgan fingerprint density at radius 2 is 1.82 bits per heavy atom. The predicted octanol–water partition coefficient (Wildman–Crippen LogP) is 2.15. The van der Waals surface area contributed by atoms with E-state index in [1.54, 1.807) is 20.8 Å². The van der Waals surface area contributed by atoms with E-state index in [-0.39, 0.29) is 47.6 Å². The van der Waals surface area contributed by atoms with Crippen LogP contribution in [0.2, 0.25) is 0 Å². The third-order valence-electron chi connectivity index (χ3n) is 9.15. The van der Waals surface area contributed by atoms with Crippen LogP contribution in [0.3, 0.4) is 0 Å². The molecule has 0 unspecified atom stereocenters. The quantitative estimate of drug-likeness (QED) is 0.433. The molecule has 2 aliphatic heterocycles. The zero-order valence-electron chi connectivity index (χ0n) is 23.8. The van der Waals surface area contributed by atoms with Crippen LogP contribution in [-0.4, -0.2) is 83.5 Å². The zero-order chi connectivity index (χ0) is 30.0. The van der Waals surface area contributed by atoms with Crippen molar-refractivity contribution in [1.82, 2.24) is 25.8 Å². The van der Waals surface area contributed by atoms with Crippen LogP contribution in [0, 0.1) is 39.9 Å². The molecular weight excluding hydrogens is 529 g/mol. The maximum Gasteiger partial charge on any atom is 0.406 e. The Balaban J connectivity index is 1.49. The van der Waals surface area contributed by atoms with Crippen molar-refractivity contribution < 1.29 is 32.3 Å². The van der Waals surface area contributed by atoms with E-state index in [2.05, 4.69) is 22.0 Å². The van der Waals surface area contributed by atoms with Gasteiger partial charge in [0, 0.05) is 25.0 Å². The van der Waals surface area contributed by atoms with Gasteiger partial charge in [0.05, 0.1) is 6.07 Å². The van der Waals surface area contributed by atoms with Crippen LogP contribution in [0.1, 0.15) is 60.3 Å². The maximum absolute atomic E-state index is 13.9. The number of nitrogens with zero attached hydrogens (tertiary/aromatic N) is 3. The van der Waals surface area contributed by atoms with Crippen molar-refractivity contribution >= 4 is 23.8 Å². The van der Waals surface area contributed by atoms with E-state index in [1.165, 1.54) is 4.90 Å². The lowest BCUT2D eigenvalue weighted by Gasteiger charge is -2.38. The summed E-state index contributed by atoms with van der Waals surface area (Å²) in [7, 11) is 0.995. The van der Waals surface area contributed by atoms with Gasteiger partial charge in [-0.1, -0.05) is 34.6 Å². The van der Waals surface area contributed by atoms with E-state index in [9.17, 15) is 37.6 Å². The van der Waals surface area contributed by atoms with Gasteiger partial charge in [-0.2, -0.15) is 18.4 Å². The fraction of sp³-hybridized carbons (Fsp3) is 0.815. The van der Waals surface area contributed by atoms with Crippen molar-refractivity contribution in [2.24, 2.45) is 28.6 Å². The molecule has 2 heterocycles. The van der Waals surface area contributed by atoms with Gasteiger partial charge < -0.3 is 25.8 Å². The molecule has 2 saturated heterocycles. The highest BCUT2D eigenvalue weighted by atomic mass is 19.4. The second kappa shape index (κ2) is 9.80. The molecule has 1 spiro atoms. The van der Waals surface area contributed by atoms with Crippen molar-refractivity contribution in [3.05, 3.63) is 0 Å². The summed E-state index contributed by atoms with van der Waals surface area (Å²) in [4.78, 5) is 54.4. The van der Waals surface area contributed by atoms with Gasteiger partial charge in [-0.25, -0.2) is 4.79 Å². The average molecular weight is 569 g/mol. The number of urea groups is 1. The predicted molar refractivity (Wildman–Crippen MR) is 137 cm³/mol. The molecule has 2 saturated carbocycles. The van der Waals surface area contributed by atoms with E-state index >= 15 is 0 Å². The molecule has 2 aliphatic carbocycles. The van der Waals surface area contributed by atoms with Crippen LogP contribution in [0.4, 0.5) is 18.0 Å². The summed E-state index contributed by atoms with van der Waals surface area (Å²) in [5.41, 5.74) is -1.26. The maximum atomic E-state index is 13.9. The lowest BCUT2D eigenvalue weighted by Crippen LogP contribution is -2.61. The SMILES string of the molecule is CN(CC(F)(F)F)C(=O)N[C@H](C(=O)N1C[C@H]2[C@@H]([C@H]1C(=O)N[C@H](C#N)C[C@@H]1CC3(CC3)NC1=O)C2(C)C)C(C)(C)C. The van der Waals surface area contributed by atoms with Crippen molar-refractivity contribution in [3.63, 3.8) is 0 Å². The number of piperidine rings is 1. The third kappa shape index (κ3) is 5.86. The van der Waals surface area contributed by atoms with Crippen molar-refractivity contribution in [3.8, 4) is 6.07 Å². The number of nitriles is 1. The van der Waals surface area contributed by atoms with E-state index in [1.807, 2.05) is 13.8 Å². The highest BCUT2D eigenvalue weighted by Gasteiger charge is 2.70. The molecule has 3 N–H and O–H groups in total. The number of alkyl halides is 3. The van der Waals surface area contributed by atoms with Crippen LogP contribution in [-0.2, 0) is 14.4 Å². The first kappa shape index (κ1) is 29.9. The molecule has 10 nitrogen and oxygen atoms in total. The zero-order valence-corrected chi connectivity index (χ0v) is 23.8. The molecule has 0 aromatic carbocycles. The van der Waals surface area contributed by atoms with E-state index in [0.29, 0.717) is 11.3 Å². The second-order valence-corrected chi connectivity index (χ2v) is 13.7. The van der Waals surface area contributed by atoms with Crippen molar-refractivity contribution in [2.45, 2.75) is 90.1 Å². The van der Waals surface area contributed by atoms with Gasteiger partial charge in [-0.05, 0) is 48.3 Å². The number of amides is 5.